The fourth-order valence-electron chi connectivity index (χ4n) is 1.28. The van der Waals surface area contributed by atoms with E-state index >= 15 is 0 Å². The molecule has 0 aromatic heterocycles. The third-order valence-electron chi connectivity index (χ3n) is 2.66. The van der Waals surface area contributed by atoms with Gasteiger partial charge in [0.2, 0.25) is 0 Å². The lowest BCUT2D eigenvalue weighted by Gasteiger charge is -2.38. The van der Waals surface area contributed by atoms with E-state index < -0.39 is 5.60 Å². The SMILES string of the molecule is CC(NC1CC(O)C1)C(C)(C)O. The smallest absolute Gasteiger partial charge is 0.0741 e. The number of rotatable bonds is 3. The maximum absolute atomic E-state index is 9.60. The number of aliphatic hydroxyl groups excluding tert-OH is 1. The molecule has 1 aliphatic rings. The van der Waals surface area contributed by atoms with Crippen LogP contribution in [-0.2, 0) is 0 Å². The van der Waals surface area contributed by atoms with E-state index in [9.17, 15) is 5.11 Å². The summed E-state index contributed by atoms with van der Waals surface area (Å²) in [5.74, 6) is 0. The van der Waals surface area contributed by atoms with Gasteiger partial charge in [-0.1, -0.05) is 0 Å². The summed E-state index contributed by atoms with van der Waals surface area (Å²) in [5, 5.41) is 21.9. The lowest BCUT2D eigenvalue weighted by molar-refractivity contribution is 0.0109. The number of hydrogen-bond acceptors (Lipinski definition) is 3. The van der Waals surface area contributed by atoms with Crippen molar-refractivity contribution in [1.29, 1.82) is 0 Å². The third kappa shape index (κ3) is 2.44. The maximum atomic E-state index is 9.60. The first kappa shape index (κ1) is 9.96. The van der Waals surface area contributed by atoms with Crippen molar-refractivity contribution in [1.82, 2.24) is 5.32 Å². The number of nitrogens with one attached hydrogen (secondary N) is 1. The lowest BCUT2D eigenvalue weighted by atomic mass is 9.87. The fourth-order valence-corrected chi connectivity index (χ4v) is 1.28. The standard InChI is InChI=1S/C9H19NO2/c1-6(9(2,3)12)10-7-4-8(11)5-7/h6-8,10-12H,4-5H2,1-3H3. The average molecular weight is 173 g/mol. The van der Waals surface area contributed by atoms with Crippen LogP contribution in [0.15, 0.2) is 0 Å². The van der Waals surface area contributed by atoms with Crippen molar-refractivity contribution in [2.75, 3.05) is 0 Å². The van der Waals surface area contributed by atoms with Gasteiger partial charge in [-0.3, -0.25) is 0 Å². The minimum Gasteiger partial charge on any atom is -0.393 e. The monoisotopic (exact) mass is 173 g/mol. The zero-order valence-electron chi connectivity index (χ0n) is 8.04. The van der Waals surface area contributed by atoms with Gasteiger partial charge < -0.3 is 15.5 Å². The summed E-state index contributed by atoms with van der Waals surface area (Å²) < 4.78 is 0. The van der Waals surface area contributed by atoms with Gasteiger partial charge in [-0.25, -0.2) is 0 Å². The highest BCUT2D eigenvalue weighted by molar-refractivity contribution is 4.90. The van der Waals surface area contributed by atoms with Gasteiger partial charge in [-0.2, -0.15) is 0 Å². The van der Waals surface area contributed by atoms with E-state index in [0.717, 1.165) is 12.8 Å². The normalized spacial score (nSPS) is 32.8. The van der Waals surface area contributed by atoms with Crippen LogP contribution in [0.2, 0.25) is 0 Å². The van der Waals surface area contributed by atoms with Crippen LogP contribution in [0.3, 0.4) is 0 Å². The molecule has 1 atom stereocenters. The van der Waals surface area contributed by atoms with Gasteiger partial charge in [0.1, 0.15) is 0 Å². The predicted octanol–water partition coefficient (Wildman–Crippen LogP) is 0.259. The summed E-state index contributed by atoms with van der Waals surface area (Å²) in [5.41, 5.74) is -0.680. The Bertz CT molecular complexity index is 147. The first-order valence-electron chi connectivity index (χ1n) is 4.56. The molecular weight excluding hydrogens is 154 g/mol. The number of hydrogen-bond donors (Lipinski definition) is 3. The van der Waals surface area contributed by atoms with Crippen LogP contribution < -0.4 is 5.32 Å². The molecule has 3 N–H and O–H groups in total. The van der Waals surface area contributed by atoms with Crippen molar-refractivity contribution in [3.8, 4) is 0 Å². The molecule has 0 aromatic rings. The Labute approximate surface area is 73.8 Å². The van der Waals surface area contributed by atoms with Crippen LogP contribution in [0.4, 0.5) is 0 Å². The summed E-state index contributed by atoms with van der Waals surface area (Å²) in [6.07, 6.45) is 1.51. The van der Waals surface area contributed by atoms with Crippen molar-refractivity contribution < 1.29 is 10.2 Å². The van der Waals surface area contributed by atoms with E-state index in [1.165, 1.54) is 0 Å². The number of aliphatic hydroxyl groups is 2. The van der Waals surface area contributed by atoms with E-state index in [2.05, 4.69) is 5.32 Å². The second kappa shape index (κ2) is 3.32. The van der Waals surface area contributed by atoms with Gasteiger partial charge in [0, 0.05) is 12.1 Å². The Balaban J connectivity index is 2.23. The van der Waals surface area contributed by atoms with Crippen molar-refractivity contribution >= 4 is 0 Å². The predicted molar refractivity (Wildman–Crippen MR) is 47.9 cm³/mol. The Hall–Kier alpha value is -0.120. The molecule has 0 radical (unpaired) electrons. The molecule has 0 heterocycles. The molecule has 1 saturated carbocycles. The van der Waals surface area contributed by atoms with Gasteiger partial charge in [0.05, 0.1) is 11.7 Å². The van der Waals surface area contributed by atoms with Crippen LogP contribution >= 0.6 is 0 Å². The fraction of sp³-hybridized carbons (Fsp3) is 1.00. The van der Waals surface area contributed by atoms with E-state index in [1.807, 2.05) is 6.92 Å². The van der Waals surface area contributed by atoms with E-state index in [4.69, 9.17) is 5.11 Å². The van der Waals surface area contributed by atoms with Crippen LogP contribution in [0.25, 0.3) is 0 Å². The summed E-state index contributed by atoms with van der Waals surface area (Å²) in [6.45, 7) is 5.55. The summed E-state index contributed by atoms with van der Waals surface area (Å²) in [6, 6.07) is 0.469. The molecule has 1 unspecified atom stereocenters. The molecule has 72 valence electrons. The first-order valence-corrected chi connectivity index (χ1v) is 4.56. The molecule has 1 rings (SSSR count). The highest BCUT2D eigenvalue weighted by atomic mass is 16.3. The molecular formula is C9H19NO2. The highest BCUT2D eigenvalue weighted by Crippen LogP contribution is 2.21. The Kier molecular flexibility index (Phi) is 2.76. The maximum Gasteiger partial charge on any atom is 0.0741 e. The molecule has 12 heavy (non-hydrogen) atoms. The molecule has 0 aliphatic heterocycles. The average Bonchev–Trinajstić information content (AvgIpc) is 1.82. The minimum absolute atomic E-state index is 0.0787. The Morgan fingerprint density at radius 2 is 1.92 bits per heavy atom. The highest BCUT2D eigenvalue weighted by Gasteiger charge is 2.31. The van der Waals surface area contributed by atoms with Crippen LogP contribution in [0, 0.1) is 0 Å². The van der Waals surface area contributed by atoms with Crippen LogP contribution in [-0.4, -0.2) is 34.0 Å². The first-order chi connectivity index (χ1) is 5.39. The van der Waals surface area contributed by atoms with Crippen LogP contribution in [0.1, 0.15) is 33.6 Å². The molecule has 0 bridgehead atoms. The second-order valence-electron chi connectivity index (χ2n) is 4.36. The van der Waals surface area contributed by atoms with Crippen molar-refractivity contribution in [3.63, 3.8) is 0 Å². The third-order valence-corrected chi connectivity index (χ3v) is 2.66. The molecule has 3 heteroatoms. The summed E-state index contributed by atoms with van der Waals surface area (Å²) in [4.78, 5) is 0. The van der Waals surface area contributed by atoms with Crippen molar-refractivity contribution in [2.45, 2.75) is 57.4 Å². The molecule has 1 fully saturated rings. The summed E-state index contributed by atoms with van der Waals surface area (Å²) >= 11 is 0. The van der Waals surface area contributed by atoms with Gasteiger partial charge in [-0.05, 0) is 33.6 Å². The molecule has 0 amide bonds. The van der Waals surface area contributed by atoms with Gasteiger partial charge >= 0.3 is 0 Å². The lowest BCUT2D eigenvalue weighted by Crippen LogP contribution is -2.54. The van der Waals surface area contributed by atoms with E-state index in [1.54, 1.807) is 13.8 Å². The second-order valence-corrected chi connectivity index (χ2v) is 4.36. The van der Waals surface area contributed by atoms with E-state index in [0.29, 0.717) is 6.04 Å². The Morgan fingerprint density at radius 1 is 1.42 bits per heavy atom. The molecule has 3 nitrogen and oxygen atoms in total. The van der Waals surface area contributed by atoms with Crippen molar-refractivity contribution in [3.05, 3.63) is 0 Å². The summed E-state index contributed by atoms with van der Waals surface area (Å²) in [7, 11) is 0. The van der Waals surface area contributed by atoms with Crippen LogP contribution in [0.5, 0.6) is 0 Å². The zero-order chi connectivity index (χ0) is 9.35. The van der Waals surface area contributed by atoms with E-state index in [-0.39, 0.29) is 12.1 Å². The molecule has 0 saturated heterocycles. The Morgan fingerprint density at radius 3 is 2.25 bits per heavy atom. The van der Waals surface area contributed by atoms with Gasteiger partial charge in [0.25, 0.3) is 0 Å². The topological polar surface area (TPSA) is 52.5 Å². The largest absolute Gasteiger partial charge is 0.393 e. The molecule has 0 spiro atoms. The zero-order valence-corrected chi connectivity index (χ0v) is 8.04. The van der Waals surface area contributed by atoms with Gasteiger partial charge in [-0.15, -0.1) is 0 Å². The molecule has 0 aromatic carbocycles. The van der Waals surface area contributed by atoms with Gasteiger partial charge in [0.15, 0.2) is 0 Å². The minimum atomic E-state index is -0.680. The quantitative estimate of drug-likeness (QED) is 0.574. The van der Waals surface area contributed by atoms with Crippen molar-refractivity contribution in [2.24, 2.45) is 0 Å². The molecule has 1 aliphatic carbocycles.